The highest BCUT2D eigenvalue weighted by atomic mass is 35.5. The number of carbonyl (C=O) groups excluding carboxylic acids is 1. The van der Waals surface area contributed by atoms with Crippen LogP contribution in [0.2, 0.25) is 5.02 Å². The van der Waals surface area contributed by atoms with Gasteiger partial charge in [0.2, 0.25) is 5.88 Å². The van der Waals surface area contributed by atoms with Crippen LogP contribution in [0.5, 0.6) is 11.6 Å². The lowest BCUT2D eigenvalue weighted by atomic mass is 10.1. The number of rotatable bonds is 5. The number of methoxy groups -OCH3 is 2. The molecule has 2 heterocycles. The van der Waals surface area contributed by atoms with Crippen molar-refractivity contribution in [1.82, 2.24) is 9.88 Å². The summed E-state index contributed by atoms with van der Waals surface area (Å²) in [5.74, 6) is 1.08. The van der Waals surface area contributed by atoms with Crippen LogP contribution in [-0.2, 0) is 6.42 Å². The summed E-state index contributed by atoms with van der Waals surface area (Å²) in [5, 5.41) is 3.53. The first-order valence-electron chi connectivity index (χ1n) is 9.65. The van der Waals surface area contributed by atoms with E-state index in [1.54, 1.807) is 19.1 Å². The van der Waals surface area contributed by atoms with E-state index in [0.29, 0.717) is 35.4 Å². The normalized spacial score (nSPS) is 14.0. The van der Waals surface area contributed by atoms with Gasteiger partial charge in [0.1, 0.15) is 11.4 Å². The van der Waals surface area contributed by atoms with E-state index in [-0.39, 0.29) is 6.03 Å². The maximum absolute atomic E-state index is 12.8. The number of ether oxygens (including phenoxy) is 2. The molecule has 3 rings (SSSR count). The number of anilines is 2. The molecule has 0 bridgehead atoms. The molecule has 156 valence electrons. The van der Waals surface area contributed by atoms with Crippen molar-refractivity contribution >= 4 is 29.0 Å². The Morgan fingerprint density at radius 1 is 1.17 bits per heavy atom. The molecular formula is C21H27ClN4O3. The van der Waals surface area contributed by atoms with Gasteiger partial charge in [-0.3, -0.25) is 0 Å². The first-order valence-corrected chi connectivity index (χ1v) is 10.0. The molecule has 1 saturated heterocycles. The van der Waals surface area contributed by atoms with E-state index >= 15 is 0 Å². The number of carbonyl (C=O) groups is 1. The number of aromatic nitrogens is 1. The summed E-state index contributed by atoms with van der Waals surface area (Å²) >= 11 is 6.24. The van der Waals surface area contributed by atoms with Gasteiger partial charge < -0.3 is 24.6 Å². The minimum atomic E-state index is -0.150. The molecule has 1 aromatic carbocycles. The lowest BCUT2D eigenvalue weighted by Crippen LogP contribution is -2.50. The van der Waals surface area contributed by atoms with E-state index in [0.717, 1.165) is 36.5 Å². The fourth-order valence-corrected chi connectivity index (χ4v) is 3.69. The Morgan fingerprint density at radius 3 is 2.48 bits per heavy atom. The molecule has 0 unspecified atom stereocenters. The van der Waals surface area contributed by atoms with Crippen molar-refractivity contribution in [2.75, 3.05) is 50.6 Å². The number of aryl methyl sites for hydroxylation is 2. The Morgan fingerprint density at radius 2 is 1.90 bits per heavy atom. The van der Waals surface area contributed by atoms with Gasteiger partial charge in [-0.25, -0.2) is 9.78 Å². The quantitative estimate of drug-likeness (QED) is 0.795. The summed E-state index contributed by atoms with van der Waals surface area (Å²) in [6.45, 7) is 6.67. The van der Waals surface area contributed by atoms with Crippen molar-refractivity contribution in [3.05, 3.63) is 40.5 Å². The highest BCUT2D eigenvalue weighted by molar-refractivity contribution is 6.32. The first-order chi connectivity index (χ1) is 14.0. The topological polar surface area (TPSA) is 66.9 Å². The number of pyridine rings is 1. The van der Waals surface area contributed by atoms with Gasteiger partial charge in [-0.05, 0) is 43.2 Å². The van der Waals surface area contributed by atoms with E-state index in [2.05, 4.69) is 22.1 Å². The van der Waals surface area contributed by atoms with Gasteiger partial charge in [-0.15, -0.1) is 0 Å². The van der Waals surface area contributed by atoms with Crippen LogP contribution in [0.25, 0.3) is 0 Å². The van der Waals surface area contributed by atoms with E-state index < -0.39 is 0 Å². The lowest BCUT2D eigenvalue weighted by Gasteiger charge is -2.36. The Hall–Kier alpha value is -2.67. The molecule has 0 spiro atoms. The highest BCUT2D eigenvalue weighted by Crippen LogP contribution is 2.30. The van der Waals surface area contributed by atoms with Crippen LogP contribution in [0.1, 0.15) is 18.2 Å². The SMILES string of the molecule is CCc1cc(NC(=O)N2CCN(c3ccc(OC)c(Cl)c3)CC2)c(OC)nc1C. The number of hydrogen-bond acceptors (Lipinski definition) is 5. The van der Waals surface area contributed by atoms with Crippen LogP contribution in [0.3, 0.4) is 0 Å². The second-order valence-corrected chi connectivity index (χ2v) is 7.27. The fraction of sp³-hybridized carbons (Fsp3) is 0.429. The number of benzene rings is 1. The Balaban J connectivity index is 1.64. The van der Waals surface area contributed by atoms with Crippen molar-refractivity contribution in [1.29, 1.82) is 0 Å². The van der Waals surface area contributed by atoms with Crippen LogP contribution in [0.4, 0.5) is 16.2 Å². The predicted molar refractivity (Wildman–Crippen MR) is 116 cm³/mol. The molecule has 0 atom stereocenters. The molecule has 1 aliphatic heterocycles. The van der Waals surface area contributed by atoms with E-state index in [4.69, 9.17) is 21.1 Å². The van der Waals surface area contributed by atoms with Crippen LogP contribution in [0.15, 0.2) is 24.3 Å². The predicted octanol–water partition coefficient (Wildman–Crippen LogP) is 3.98. The number of urea groups is 1. The minimum absolute atomic E-state index is 0.150. The Bertz CT molecular complexity index is 882. The lowest BCUT2D eigenvalue weighted by molar-refractivity contribution is 0.208. The van der Waals surface area contributed by atoms with Crippen LogP contribution in [0, 0.1) is 6.92 Å². The molecule has 7 nitrogen and oxygen atoms in total. The summed E-state index contributed by atoms with van der Waals surface area (Å²) in [6, 6.07) is 7.53. The Kier molecular flexibility index (Phi) is 6.69. The summed E-state index contributed by atoms with van der Waals surface area (Å²) in [5.41, 5.74) is 3.62. The number of piperazine rings is 1. The molecule has 29 heavy (non-hydrogen) atoms. The van der Waals surface area contributed by atoms with Crippen molar-refractivity contribution in [2.24, 2.45) is 0 Å². The molecule has 2 amide bonds. The van der Waals surface area contributed by atoms with Crippen LogP contribution in [-0.4, -0.2) is 56.3 Å². The van der Waals surface area contributed by atoms with Gasteiger partial charge in [0.15, 0.2) is 0 Å². The minimum Gasteiger partial charge on any atom is -0.495 e. The maximum Gasteiger partial charge on any atom is 0.322 e. The molecule has 1 fully saturated rings. The van der Waals surface area contributed by atoms with Crippen LogP contribution >= 0.6 is 11.6 Å². The summed E-state index contributed by atoms with van der Waals surface area (Å²) in [7, 11) is 3.15. The molecule has 1 N–H and O–H groups in total. The van der Waals surface area contributed by atoms with Gasteiger partial charge in [0.05, 0.1) is 19.2 Å². The van der Waals surface area contributed by atoms with Gasteiger partial charge in [-0.2, -0.15) is 0 Å². The van der Waals surface area contributed by atoms with Crippen molar-refractivity contribution < 1.29 is 14.3 Å². The molecule has 0 radical (unpaired) electrons. The Labute approximate surface area is 176 Å². The zero-order valence-corrected chi connectivity index (χ0v) is 18.0. The monoisotopic (exact) mass is 418 g/mol. The standard InChI is InChI=1S/C21H27ClN4O3/c1-5-15-12-18(20(29-4)23-14(15)2)24-21(27)26-10-8-25(9-11-26)16-6-7-19(28-3)17(22)13-16/h6-7,12-13H,5,8-11H2,1-4H3,(H,24,27). The van der Waals surface area contributed by atoms with Crippen molar-refractivity contribution in [3.63, 3.8) is 0 Å². The molecule has 0 aliphatic carbocycles. The number of nitrogens with zero attached hydrogens (tertiary/aromatic N) is 3. The first kappa shape index (κ1) is 21.0. The fourth-order valence-electron chi connectivity index (χ4n) is 3.44. The summed E-state index contributed by atoms with van der Waals surface area (Å²) < 4.78 is 10.6. The van der Waals surface area contributed by atoms with E-state index in [1.807, 2.05) is 31.2 Å². The average molecular weight is 419 g/mol. The highest BCUT2D eigenvalue weighted by Gasteiger charge is 2.23. The summed E-state index contributed by atoms with van der Waals surface area (Å²) in [6.07, 6.45) is 0.842. The third-order valence-corrected chi connectivity index (χ3v) is 5.46. The molecular weight excluding hydrogens is 392 g/mol. The van der Waals surface area contributed by atoms with Crippen LogP contribution < -0.4 is 19.7 Å². The molecule has 2 aromatic rings. The van der Waals surface area contributed by atoms with Crippen molar-refractivity contribution in [2.45, 2.75) is 20.3 Å². The number of hydrogen-bond donors (Lipinski definition) is 1. The zero-order valence-electron chi connectivity index (χ0n) is 17.3. The third-order valence-electron chi connectivity index (χ3n) is 5.17. The van der Waals surface area contributed by atoms with Gasteiger partial charge in [-0.1, -0.05) is 18.5 Å². The van der Waals surface area contributed by atoms with E-state index in [9.17, 15) is 4.79 Å². The van der Waals surface area contributed by atoms with Gasteiger partial charge >= 0.3 is 6.03 Å². The second kappa shape index (κ2) is 9.22. The van der Waals surface area contributed by atoms with Crippen molar-refractivity contribution in [3.8, 4) is 11.6 Å². The number of halogens is 1. The number of nitrogens with one attached hydrogen (secondary N) is 1. The smallest absolute Gasteiger partial charge is 0.322 e. The van der Waals surface area contributed by atoms with E-state index in [1.165, 1.54) is 0 Å². The molecule has 1 aliphatic rings. The largest absolute Gasteiger partial charge is 0.495 e. The maximum atomic E-state index is 12.8. The molecule has 0 saturated carbocycles. The third kappa shape index (κ3) is 4.67. The molecule has 1 aromatic heterocycles. The molecule has 8 heteroatoms. The van der Waals surface area contributed by atoms with Gasteiger partial charge in [0.25, 0.3) is 0 Å². The zero-order chi connectivity index (χ0) is 21.0. The second-order valence-electron chi connectivity index (χ2n) is 6.87. The van der Waals surface area contributed by atoms with Gasteiger partial charge in [0, 0.05) is 37.6 Å². The summed E-state index contributed by atoms with van der Waals surface area (Å²) in [4.78, 5) is 21.2. The number of amides is 2. The average Bonchev–Trinajstić information content (AvgIpc) is 2.74.